The Balaban J connectivity index is 1.36. The third kappa shape index (κ3) is 4.34. The zero-order valence-corrected chi connectivity index (χ0v) is 22.6. The summed E-state index contributed by atoms with van der Waals surface area (Å²) in [6.07, 6.45) is 6.65. The van der Waals surface area contributed by atoms with E-state index in [0.29, 0.717) is 12.3 Å². The molecule has 1 heterocycles. The summed E-state index contributed by atoms with van der Waals surface area (Å²) < 4.78 is 16.7. The Kier molecular flexibility index (Phi) is 6.89. The molecule has 0 aromatic heterocycles. The van der Waals surface area contributed by atoms with Gasteiger partial charge in [0.15, 0.2) is 0 Å². The van der Waals surface area contributed by atoms with E-state index >= 15 is 0 Å². The number of carboxylic acid groups (broad SMARTS) is 1. The van der Waals surface area contributed by atoms with E-state index in [4.69, 9.17) is 19.3 Å². The third-order valence-corrected chi connectivity index (χ3v) is 11.0. The topological polar surface area (TPSA) is 136 Å². The lowest BCUT2D eigenvalue weighted by Crippen LogP contribution is -2.62. The van der Waals surface area contributed by atoms with Gasteiger partial charge in [-0.25, -0.2) is 4.79 Å². The Bertz CT molecular complexity index is 1050. The molecule has 210 valence electrons. The van der Waals surface area contributed by atoms with Crippen molar-refractivity contribution >= 4 is 23.9 Å². The predicted molar refractivity (Wildman–Crippen MR) is 133 cm³/mol. The summed E-state index contributed by atoms with van der Waals surface area (Å²) in [7, 11) is 0. The second-order valence-electron chi connectivity index (χ2n) is 12.8. The molecule has 4 saturated carbocycles. The number of ether oxygens (including phenoxy) is 3. The first-order chi connectivity index (χ1) is 17.9. The van der Waals surface area contributed by atoms with Crippen molar-refractivity contribution < 1.29 is 43.6 Å². The number of fused-ring (bicyclic) bond motifs is 5. The first kappa shape index (κ1) is 27.2. The van der Waals surface area contributed by atoms with Crippen LogP contribution in [0.4, 0.5) is 0 Å². The van der Waals surface area contributed by atoms with E-state index in [2.05, 4.69) is 13.8 Å². The summed E-state index contributed by atoms with van der Waals surface area (Å²) in [4.78, 5) is 47.0. The van der Waals surface area contributed by atoms with Crippen molar-refractivity contribution in [1.29, 1.82) is 0 Å². The van der Waals surface area contributed by atoms with Crippen LogP contribution in [0, 0.1) is 34.5 Å². The average Bonchev–Trinajstić information content (AvgIpc) is 3.34. The zero-order valence-electron chi connectivity index (χ0n) is 22.6. The Labute approximate surface area is 223 Å². The summed E-state index contributed by atoms with van der Waals surface area (Å²) in [5.41, 5.74) is -0.789. The van der Waals surface area contributed by atoms with Crippen molar-refractivity contribution in [3.8, 4) is 0 Å². The fourth-order valence-corrected chi connectivity index (χ4v) is 9.30. The highest BCUT2D eigenvalue weighted by molar-refractivity contribution is 5.85. The second kappa shape index (κ2) is 9.65. The van der Waals surface area contributed by atoms with Crippen LogP contribution in [0.5, 0.6) is 0 Å². The molecule has 0 unspecified atom stereocenters. The van der Waals surface area contributed by atoms with E-state index in [0.717, 1.165) is 50.5 Å². The number of aliphatic hydroxyl groups is 1. The first-order valence-electron chi connectivity index (χ1n) is 14.1. The maximum absolute atomic E-state index is 12.6. The van der Waals surface area contributed by atoms with Crippen LogP contribution in [0.3, 0.4) is 0 Å². The molecule has 4 aliphatic carbocycles. The number of hydrogen-bond acceptors (Lipinski definition) is 8. The molecule has 0 radical (unpaired) electrons. The predicted octanol–water partition coefficient (Wildman–Crippen LogP) is 3.56. The highest BCUT2D eigenvalue weighted by atomic mass is 16.6. The van der Waals surface area contributed by atoms with Crippen molar-refractivity contribution in [2.75, 3.05) is 6.61 Å². The molecule has 9 atom stereocenters. The van der Waals surface area contributed by atoms with Gasteiger partial charge >= 0.3 is 23.9 Å². The minimum absolute atomic E-state index is 0.00926. The van der Waals surface area contributed by atoms with E-state index in [1.807, 2.05) is 0 Å². The van der Waals surface area contributed by atoms with Gasteiger partial charge in [0.05, 0.1) is 18.4 Å². The van der Waals surface area contributed by atoms with Gasteiger partial charge in [0, 0.05) is 30.8 Å². The first-order valence-corrected chi connectivity index (χ1v) is 14.1. The second-order valence-corrected chi connectivity index (χ2v) is 12.8. The minimum atomic E-state index is -1.04. The molecule has 5 aliphatic rings. The molecule has 2 N–H and O–H groups in total. The van der Waals surface area contributed by atoms with Gasteiger partial charge in [-0.15, -0.1) is 0 Å². The Morgan fingerprint density at radius 3 is 2.47 bits per heavy atom. The van der Waals surface area contributed by atoms with Crippen LogP contribution in [0.2, 0.25) is 0 Å². The molecular weight excluding hydrogens is 492 g/mol. The normalized spacial score (nSPS) is 43.7. The summed E-state index contributed by atoms with van der Waals surface area (Å²) in [5.74, 6) is -1.82. The molecule has 5 rings (SSSR count). The molecule has 0 amide bonds. The molecule has 0 saturated heterocycles. The van der Waals surface area contributed by atoms with Gasteiger partial charge in [0.25, 0.3) is 0 Å². The van der Waals surface area contributed by atoms with E-state index in [1.54, 1.807) is 0 Å². The molecule has 38 heavy (non-hydrogen) atoms. The van der Waals surface area contributed by atoms with E-state index in [1.165, 1.54) is 13.0 Å². The van der Waals surface area contributed by atoms with Crippen molar-refractivity contribution in [3.63, 3.8) is 0 Å². The van der Waals surface area contributed by atoms with Crippen molar-refractivity contribution in [2.24, 2.45) is 34.5 Å². The maximum Gasteiger partial charge on any atom is 0.331 e. The highest BCUT2D eigenvalue weighted by Gasteiger charge is 2.71. The van der Waals surface area contributed by atoms with Crippen LogP contribution >= 0.6 is 0 Å². The standard InChI is InChI=1S/C29H40O9/c1-16(30)37-22-14-29(35)21-5-4-18-13-19(38-24(33)7-6-23(31)32)8-10-27(18,2)20(21)9-11-28(29,3)26(22)17-12-25(34)36-15-17/h12,18-22,26,35H,4-11,13-15H2,1-3H3,(H,31,32)/t18-,19+,20+,21-,22+,26+,27+,28-,29+/m1/s1. The summed E-state index contributed by atoms with van der Waals surface area (Å²) in [6, 6.07) is 0. The smallest absolute Gasteiger partial charge is 0.331 e. The Morgan fingerprint density at radius 1 is 1.05 bits per heavy atom. The number of esters is 3. The van der Waals surface area contributed by atoms with Crippen LogP contribution in [0.25, 0.3) is 0 Å². The number of hydrogen-bond donors (Lipinski definition) is 2. The molecule has 4 fully saturated rings. The molecular formula is C29H40O9. The Hall–Kier alpha value is -2.42. The third-order valence-electron chi connectivity index (χ3n) is 11.0. The Morgan fingerprint density at radius 2 is 1.82 bits per heavy atom. The summed E-state index contributed by atoms with van der Waals surface area (Å²) >= 11 is 0. The van der Waals surface area contributed by atoms with E-state index in [9.17, 15) is 24.3 Å². The van der Waals surface area contributed by atoms with Gasteiger partial charge in [-0.3, -0.25) is 14.4 Å². The number of carbonyl (C=O) groups excluding carboxylic acids is 3. The van der Waals surface area contributed by atoms with Crippen molar-refractivity contribution in [2.45, 2.75) is 103 Å². The van der Waals surface area contributed by atoms with Crippen LogP contribution < -0.4 is 0 Å². The number of carbonyl (C=O) groups is 4. The average molecular weight is 533 g/mol. The quantitative estimate of drug-likeness (QED) is 0.389. The van der Waals surface area contributed by atoms with Gasteiger partial charge in [-0.2, -0.15) is 0 Å². The van der Waals surface area contributed by atoms with Gasteiger partial charge in [0.1, 0.15) is 18.8 Å². The van der Waals surface area contributed by atoms with Gasteiger partial charge in [-0.05, 0) is 73.7 Å². The fraction of sp³-hybridized carbons (Fsp3) is 0.793. The van der Waals surface area contributed by atoms with Crippen molar-refractivity contribution in [1.82, 2.24) is 0 Å². The lowest BCUT2D eigenvalue weighted by Gasteiger charge is -2.63. The maximum atomic E-state index is 12.6. The summed E-state index contributed by atoms with van der Waals surface area (Å²) in [5, 5.41) is 21.4. The molecule has 1 aliphatic heterocycles. The van der Waals surface area contributed by atoms with Gasteiger partial charge < -0.3 is 24.4 Å². The number of rotatable bonds is 6. The number of aliphatic carboxylic acids is 1. The van der Waals surface area contributed by atoms with E-state index < -0.39 is 29.1 Å². The van der Waals surface area contributed by atoms with Crippen LogP contribution in [0.15, 0.2) is 11.6 Å². The monoisotopic (exact) mass is 532 g/mol. The number of cyclic esters (lactones) is 1. The van der Waals surface area contributed by atoms with Gasteiger partial charge in [-0.1, -0.05) is 13.8 Å². The number of carboxylic acids is 1. The molecule has 9 nitrogen and oxygen atoms in total. The molecule has 0 aromatic rings. The zero-order chi connectivity index (χ0) is 27.5. The summed E-state index contributed by atoms with van der Waals surface area (Å²) in [6.45, 7) is 5.99. The van der Waals surface area contributed by atoms with Crippen LogP contribution in [-0.2, 0) is 33.4 Å². The lowest BCUT2D eigenvalue weighted by atomic mass is 9.43. The molecule has 0 spiro atoms. The largest absolute Gasteiger partial charge is 0.481 e. The van der Waals surface area contributed by atoms with Crippen LogP contribution in [0.1, 0.15) is 85.0 Å². The lowest BCUT2D eigenvalue weighted by molar-refractivity contribution is -0.210. The minimum Gasteiger partial charge on any atom is -0.481 e. The van der Waals surface area contributed by atoms with Crippen molar-refractivity contribution in [3.05, 3.63) is 11.6 Å². The fourth-order valence-electron chi connectivity index (χ4n) is 9.30. The van der Waals surface area contributed by atoms with Crippen LogP contribution in [-0.4, -0.2) is 58.5 Å². The highest BCUT2D eigenvalue weighted by Crippen LogP contribution is 2.70. The van der Waals surface area contributed by atoms with Gasteiger partial charge in [0.2, 0.25) is 0 Å². The SMILES string of the molecule is CC(=O)O[C@H]1C[C@]2(O)[C@@H]3CC[C@@H]4C[C@@H](OC(=O)CCC(=O)O)CC[C@]4(C)[C@H]3CC[C@]2(C)[C@H]1C1=CC(=O)OC1. The molecule has 9 heteroatoms. The molecule has 0 aromatic carbocycles. The molecule has 0 bridgehead atoms. The van der Waals surface area contributed by atoms with E-state index in [-0.39, 0.29) is 60.7 Å².